The number of rotatable bonds is 11. The van der Waals surface area contributed by atoms with Crippen LogP contribution in [0.15, 0.2) is 104 Å². The van der Waals surface area contributed by atoms with Crippen LogP contribution < -0.4 is 0 Å². The number of aliphatic hydroxyl groups is 1. The molecule has 206 valence electrons. The van der Waals surface area contributed by atoms with E-state index in [0.29, 0.717) is 39.3 Å². The zero-order valence-corrected chi connectivity index (χ0v) is 22.2. The molecule has 3 aromatic rings. The van der Waals surface area contributed by atoms with E-state index in [-0.39, 0.29) is 12.2 Å². The highest BCUT2D eigenvalue weighted by molar-refractivity contribution is 5.15. The molecule has 2 saturated heterocycles. The monoisotopic (exact) mass is 530 g/mol. The minimum atomic E-state index is -0.650. The van der Waals surface area contributed by atoms with Crippen molar-refractivity contribution in [3.63, 3.8) is 0 Å². The van der Waals surface area contributed by atoms with Crippen molar-refractivity contribution in [2.45, 2.75) is 75.4 Å². The lowest BCUT2D eigenvalue weighted by molar-refractivity contribution is -0.273. The Kier molecular flexibility index (Phi) is 9.94. The van der Waals surface area contributed by atoms with Gasteiger partial charge in [0.15, 0.2) is 0 Å². The molecule has 6 nitrogen and oxygen atoms in total. The summed E-state index contributed by atoms with van der Waals surface area (Å²) in [6, 6.07) is 30.2. The predicted molar refractivity (Wildman–Crippen MR) is 149 cm³/mol. The van der Waals surface area contributed by atoms with Crippen molar-refractivity contribution in [1.29, 1.82) is 0 Å². The first-order valence-electron chi connectivity index (χ1n) is 13.8. The lowest BCUT2D eigenvalue weighted by Gasteiger charge is -2.46. The van der Waals surface area contributed by atoms with Crippen LogP contribution in [0.4, 0.5) is 0 Å². The van der Waals surface area contributed by atoms with Gasteiger partial charge in [0.25, 0.3) is 0 Å². The molecule has 0 unspecified atom stereocenters. The fourth-order valence-corrected chi connectivity index (χ4v) is 5.30. The van der Waals surface area contributed by atoms with Crippen LogP contribution in [0.1, 0.15) is 29.5 Å². The quantitative estimate of drug-likeness (QED) is 0.342. The largest absolute Gasteiger partial charge is 0.390 e. The molecule has 2 aliphatic rings. The summed E-state index contributed by atoms with van der Waals surface area (Å²) in [4.78, 5) is 0. The molecule has 7 atom stereocenters. The van der Waals surface area contributed by atoms with Crippen LogP contribution in [-0.4, -0.2) is 54.4 Å². The second kappa shape index (κ2) is 14.0. The Bertz CT molecular complexity index is 1120. The van der Waals surface area contributed by atoms with Crippen LogP contribution in [-0.2, 0) is 43.5 Å². The Morgan fingerprint density at radius 1 is 0.718 bits per heavy atom. The third-order valence-corrected chi connectivity index (χ3v) is 7.37. The number of hydrogen-bond acceptors (Lipinski definition) is 6. The van der Waals surface area contributed by atoms with E-state index in [1.54, 1.807) is 6.08 Å². The molecule has 0 aliphatic carbocycles. The van der Waals surface area contributed by atoms with E-state index >= 15 is 0 Å². The van der Waals surface area contributed by atoms with Crippen molar-refractivity contribution >= 4 is 0 Å². The first-order chi connectivity index (χ1) is 19.2. The maximum atomic E-state index is 10.7. The van der Waals surface area contributed by atoms with Gasteiger partial charge in [0.2, 0.25) is 0 Å². The van der Waals surface area contributed by atoms with Gasteiger partial charge in [0.1, 0.15) is 30.5 Å². The summed E-state index contributed by atoms with van der Waals surface area (Å²) in [5.74, 6) is 0. The summed E-state index contributed by atoms with van der Waals surface area (Å²) in [6.45, 7) is 5.52. The molecule has 6 heteroatoms. The Balaban J connectivity index is 1.39. The van der Waals surface area contributed by atoms with Crippen LogP contribution in [0.25, 0.3) is 0 Å². The van der Waals surface area contributed by atoms with Crippen molar-refractivity contribution in [1.82, 2.24) is 0 Å². The standard InChI is InChI=1S/C33H38O6/c1-2-28-27(34)18-19-29-32(39-28)33(37-22-26-16-10-5-11-17-26)31(36-21-25-14-8-4-9-15-25)30(38-29)23-35-20-24-12-6-3-7-13-24/h2-17,27-34H,1,18-23H2/t27-,28+,29+,30-,31-,32+,33+/m1/s1. The highest BCUT2D eigenvalue weighted by Gasteiger charge is 2.50. The normalized spacial score (nSPS) is 28.8. The van der Waals surface area contributed by atoms with Gasteiger partial charge in [-0.3, -0.25) is 0 Å². The van der Waals surface area contributed by atoms with E-state index < -0.39 is 30.5 Å². The van der Waals surface area contributed by atoms with Gasteiger partial charge < -0.3 is 28.8 Å². The first-order valence-corrected chi connectivity index (χ1v) is 13.8. The average Bonchev–Trinajstić information content (AvgIpc) is 3.14. The average molecular weight is 531 g/mol. The smallest absolute Gasteiger partial charge is 0.115 e. The van der Waals surface area contributed by atoms with E-state index in [1.165, 1.54) is 0 Å². The van der Waals surface area contributed by atoms with Crippen molar-refractivity contribution in [2.24, 2.45) is 0 Å². The Morgan fingerprint density at radius 2 is 1.26 bits per heavy atom. The fourth-order valence-electron chi connectivity index (χ4n) is 5.30. The topological polar surface area (TPSA) is 66.4 Å². The number of benzene rings is 3. The number of hydrogen-bond donors (Lipinski definition) is 1. The lowest BCUT2D eigenvalue weighted by atomic mass is 9.92. The van der Waals surface area contributed by atoms with E-state index in [9.17, 15) is 5.11 Å². The molecule has 0 saturated carbocycles. The van der Waals surface area contributed by atoms with Crippen LogP contribution in [0.5, 0.6) is 0 Å². The van der Waals surface area contributed by atoms with Crippen molar-refractivity contribution < 1.29 is 28.8 Å². The van der Waals surface area contributed by atoms with Gasteiger partial charge >= 0.3 is 0 Å². The van der Waals surface area contributed by atoms with Gasteiger partial charge in [-0.1, -0.05) is 97.1 Å². The number of ether oxygens (including phenoxy) is 5. The molecule has 5 rings (SSSR count). The van der Waals surface area contributed by atoms with Crippen LogP contribution in [0.3, 0.4) is 0 Å². The van der Waals surface area contributed by atoms with Gasteiger partial charge in [-0.15, -0.1) is 6.58 Å². The summed E-state index contributed by atoms with van der Waals surface area (Å²) in [5.41, 5.74) is 3.22. The second-order valence-corrected chi connectivity index (χ2v) is 10.2. The molecule has 0 radical (unpaired) electrons. The van der Waals surface area contributed by atoms with E-state index in [4.69, 9.17) is 23.7 Å². The van der Waals surface area contributed by atoms with Crippen molar-refractivity contribution in [3.05, 3.63) is 120 Å². The molecule has 0 spiro atoms. The number of fused-ring (bicyclic) bond motifs is 1. The molecule has 0 amide bonds. The molecular formula is C33H38O6. The molecule has 1 N–H and O–H groups in total. The first kappa shape index (κ1) is 27.7. The maximum Gasteiger partial charge on any atom is 0.115 e. The van der Waals surface area contributed by atoms with Gasteiger partial charge in [0.05, 0.1) is 38.6 Å². The van der Waals surface area contributed by atoms with E-state index in [1.807, 2.05) is 91.0 Å². The summed E-state index contributed by atoms with van der Waals surface area (Å²) in [6.07, 6.45) is -0.269. The lowest BCUT2D eigenvalue weighted by Crippen LogP contribution is -2.61. The Morgan fingerprint density at radius 3 is 1.82 bits per heavy atom. The Labute approximate surface area is 231 Å². The van der Waals surface area contributed by atoms with Crippen LogP contribution in [0.2, 0.25) is 0 Å². The molecule has 2 fully saturated rings. The second-order valence-electron chi connectivity index (χ2n) is 10.2. The fraction of sp³-hybridized carbons (Fsp3) is 0.394. The van der Waals surface area contributed by atoms with Crippen molar-refractivity contribution in [3.8, 4) is 0 Å². The van der Waals surface area contributed by atoms with Crippen molar-refractivity contribution in [2.75, 3.05) is 6.61 Å². The summed E-state index contributed by atoms with van der Waals surface area (Å²) < 4.78 is 32.4. The van der Waals surface area contributed by atoms with Gasteiger partial charge in [-0.05, 0) is 29.5 Å². The highest BCUT2D eigenvalue weighted by atomic mass is 16.6. The molecular weight excluding hydrogens is 492 g/mol. The molecule has 2 aliphatic heterocycles. The van der Waals surface area contributed by atoms with Crippen LogP contribution in [0, 0.1) is 0 Å². The summed E-state index contributed by atoms with van der Waals surface area (Å²) in [5, 5.41) is 10.7. The summed E-state index contributed by atoms with van der Waals surface area (Å²) >= 11 is 0. The summed E-state index contributed by atoms with van der Waals surface area (Å²) in [7, 11) is 0. The molecule has 39 heavy (non-hydrogen) atoms. The Hall–Kier alpha value is -2.84. The molecule has 0 aromatic heterocycles. The van der Waals surface area contributed by atoms with E-state index in [0.717, 1.165) is 16.7 Å². The SMILES string of the molecule is C=C[C@@H]1O[C@@H]2[C@@H](OCc3ccccc3)[C@H](OCc3ccccc3)[C@@H](COCc3ccccc3)O[C@H]2CC[C@H]1O. The van der Waals surface area contributed by atoms with Gasteiger partial charge in [-0.25, -0.2) is 0 Å². The number of aliphatic hydroxyl groups excluding tert-OH is 1. The zero-order chi connectivity index (χ0) is 26.9. The highest BCUT2D eigenvalue weighted by Crippen LogP contribution is 2.35. The predicted octanol–water partition coefficient (Wildman–Crippen LogP) is 5.24. The molecule has 3 aromatic carbocycles. The minimum Gasteiger partial charge on any atom is -0.390 e. The zero-order valence-electron chi connectivity index (χ0n) is 22.2. The minimum absolute atomic E-state index is 0.271. The third-order valence-electron chi connectivity index (χ3n) is 7.37. The van der Waals surface area contributed by atoms with Gasteiger partial charge in [-0.2, -0.15) is 0 Å². The van der Waals surface area contributed by atoms with E-state index in [2.05, 4.69) is 6.58 Å². The third kappa shape index (κ3) is 7.42. The molecule has 2 heterocycles. The van der Waals surface area contributed by atoms with Crippen LogP contribution >= 0.6 is 0 Å². The maximum absolute atomic E-state index is 10.7. The molecule has 0 bridgehead atoms. The van der Waals surface area contributed by atoms with Gasteiger partial charge in [0, 0.05) is 0 Å².